The molecule has 33 heavy (non-hydrogen) atoms. The second kappa shape index (κ2) is 7.97. The van der Waals surface area contributed by atoms with E-state index in [1.165, 1.54) is 4.68 Å². The number of nitrogens with zero attached hydrogens (tertiary/aromatic N) is 6. The number of aliphatic hydroxyl groups is 1. The van der Waals surface area contributed by atoms with Crippen molar-refractivity contribution < 1.29 is 5.11 Å². The van der Waals surface area contributed by atoms with Crippen molar-refractivity contribution in [2.45, 2.75) is 44.4 Å². The fraction of sp³-hybridized carbons (Fsp3) is 0.280. The molecule has 0 spiro atoms. The van der Waals surface area contributed by atoms with Crippen LogP contribution in [0.3, 0.4) is 0 Å². The van der Waals surface area contributed by atoms with E-state index in [1.54, 1.807) is 6.20 Å². The van der Waals surface area contributed by atoms with Gasteiger partial charge in [0, 0.05) is 17.8 Å². The van der Waals surface area contributed by atoms with E-state index < -0.39 is 6.10 Å². The van der Waals surface area contributed by atoms with Crippen LogP contribution >= 0.6 is 0 Å². The highest BCUT2D eigenvalue weighted by molar-refractivity contribution is 5.92. The number of para-hydroxylation sites is 1. The quantitative estimate of drug-likeness (QED) is 0.463. The lowest BCUT2D eigenvalue weighted by molar-refractivity contribution is 0.0681. The highest BCUT2D eigenvalue weighted by atomic mass is 16.3. The van der Waals surface area contributed by atoms with Crippen LogP contribution in [0.4, 0.5) is 0 Å². The molecule has 3 aliphatic rings. The predicted molar refractivity (Wildman–Crippen MR) is 125 cm³/mol. The Bertz CT molecular complexity index is 1430. The summed E-state index contributed by atoms with van der Waals surface area (Å²) in [5, 5.41) is 25.0. The van der Waals surface area contributed by atoms with Crippen molar-refractivity contribution in [1.29, 1.82) is 0 Å². The van der Waals surface area contributed by atoms with Crippen LogP contribution < -0.4 is 5.56 Å². The first kappa shape index (κ1) is 19.9. The average molecular weight is 441 g/mol. The van der Waals surface area contributed by atoms with Crippen LogP contribution in [0.15, 0.2) is 71.8 Å². The van der Waals surface area contributed by atoms with Gasteiger partial charge in [-0.2, -0.15) is 15.3 Å². The number of aliphatic hydroxyl groups excluding tert-OH is 1. The van der Waals surface area contributed by atoms with Gasteiger partial charge in [0.25, 0.3) is 5.56 Å². The lowest BCUT2D eigenvalue weighted by atomic mass is 9.93. The highest BCUT2D eigenvalue weighted by Gasteiger charge is 2.31. The molecule has 2 aliphatic heterocycles. The molecule has 8 heteroatoms. The van der Waals surface area contributed by atoms with Crippen molar-refractivity contribution in [3.05, 3.63) is 82.9 Å². The van der Waals surface area contributed by atoms with E-state index >= 15 is 0 Å². The topological polar surface area (TPSA) is 90.8 Å². The summed E-state index contributed by atoms with van der Waals surface area (Å²) in [6, 6.07) is 17.6. The zero-order chi connectivity index (χ0) is 22.4. The molecule has 2 aromatic carbocycles. The summed E-state index contributed by atoms with van der Waals surface area (Å²) in [7, 11) is 0. The van der Waals surface area contributed by atoms with Crippen molar-refractivity contribution in [3.63, 3.8) is 0 Å². The SMILES string of the molecule is O=c1c2nn(Cc3ccc(-n4cccn4)cc3)c3ccccc3c-2nn1C1CCCCC1O. The van der Waals surface area contributed by atoms with Crippen LogP contribution in [-0.2, 0) is 6.54 Å². The molecule has 2 unspecified atom stereocenters. The summed E-state index contributed by atoms with van der Waals surface area (Å²) in [5.41, 5.74) is 3.67. The molecule has 3 heterocycles. The van der Waals surface area contributed by atoms with Crippen molar-refractivity contribution in [2.24, 2.45) is 0 Å². The Morgan fingerprint density at radius 1 is 0.939 bits per heavy atom. The van der Waals surface area contributed by atoms with Gasteiger partial charge in [-0.3, -0.25) is 9.48 Å². The monoisotopic (exact) mass is 440 g/mol. The zero-order valence-corrected chi connectivity index (χ0v) is 18.1. The Morgan fingerprint density at radius 2 is 1.76 bits per heavy atom. The van der Waals surface area contributed by atoms with Gasteiger partial charge in [0.1, 0.15) is 5.69 Å². The molecule has 0 amide bonds. The van der Waals surface area contributed by atoms with Gasteiger partial charge in [0.05, 0.1) is 29.9 Å². The molecule has 1 fully saturated rings. The molecular formula is C25H24N6O2. The first-order valence-electron chi connectivity index (χ1n) is 11.3. The first-order chi connectivity index (χ1) is 16.2. The molecule has 1 N–H and O–H groups in total. The second-order valence-corrected chi connectivity index (χ2v) is 8.66. The Morgan fingerprint density at radius 3 is 2.55 bits per heavy atom. The number of hydrogen-bond donors (Lipinski definition) is 1. The van der Waals surface area contributed by atoms with Gasteiger partial charge in [-0.25, -0.2) is 9.36 Å². The minimum atomic E-state index is -0.549. The summed E-state index contributed by atoms with van der Waals surface area (Å²) in [4.78, 5) is 13.3. The smallest absolute Gasteiger partial charge is 0.297 e. The van der Waals surface area contributed by atoms with E-state index in [0.29, 0.717) is 24.4 Å². The van der Waals surface area contributed by atoms with Gasteiger partial charge < -0.3 is 5.11 Å². The van der Waals surface area contributed by atoms with Gasteiger partial charge in [-0.05, 0) is 42.7 Å². The predicted octanol–water partition coefficient (Wildman–Crippen LogP) is 3.41. The van der Waals surface area contributed by atoms with Crippen LogP contribution in [0.25, 0.3) is 28.0 Å². The molecule has 1 saturated carbocycles. The molecule has 1 aromatic heterocycles. The van der Waals surface area contributed by atoms with E-state index in [2.05, 4.69) is 10.2 Å². The molecule has 0 saturated heterocycles. The largest absolute Gasteiger partial charge is 0.391 e. The van der Waals surface area contributed by atoms with E-state index in [1.807, 2.05) is 70.2 Å². The van der Waals surface area contributed by atoms with Crippen LogP contribution in [0.5, 0.6) is 0 Å². The average Bonchev–Trinajstić information content (AvgIpc) is 3.49. The highest BCUT2D eigenvalue weighted by Crippen LogP contribution is 2.31. The minimum absolute atomic E-state index is 0.232. The van der Waals surface area contributed by atoms with E-state index in [0.717, 1.165) is 41.4 Å². The molecule has 3 aromatic rings. The number of aromatic nitrogens is 6. The van der Waals surface area contributed by atoms with Crippen LogP contribution in [-0.4, -0.2) is 40.6 Å². The second-order valence-electron chi connectivity index (χ2n) is 8.66. The van der Waals surface area contributed by atoms with Crippen LogP contribution in [0, 0.1) is 0 Å². The lowest BCUT2D eigenvalue weighted by Crippen LogP contribution is -2.33. The van der Waals surface area contributed by atoms with E-state index in [-0.39, 0.29) is 11.6 Å². The van der Waals surface area contributed by atoms with Crippen molar-refractivity contribution >= 4 is 10.9 Å². The third-order valence-corrected chi connectivity index (χ3v) is 6.55. The van der Waals surface area contributed by atoms with Gasteiger partial charge in [-0.15, -0.1) is 0 Å². The number of rotatable bonds is 4. The lowest BCUT2D eigenvalue weighted by Gasteiger charge is -2.26. The van der Waals surface area contributed by atoms with Gasteiger partial charge >= 0.3 is 0 Å². The Kier molecular flexibility index (Phi) is 4.80. The third-order valence-electron chi connectivity index (χ3n) is 6.55. The summed E-state index contributed by atoms with van der Waals surface area (Å²) in [6.07, 6.45) is 6.53. The number of fused-ring (bicyclic) bond motifs is 3. The molecule has 1 aliphatic carbocycles. The normalized spacial score (nSPS) is 18.8. The maximum Gasteiger partial charge on any atom is 0.297 e. The van der Waals surface area contributed by atoms with Gasteiger partial charge in [0.2, 0.25) is 0 Å². The fourth-order valence-corrected chi connectivity index (χ4v) is 4.83. The van der Waals surface area contributed by atoms with Crippen molar-refractivity contribution in [1.82, 2.24) is 29.3 Å². The van der Waals surface area contributed by atoms with Crippen LogP contribution in [0.1, 0.15) is 37.3 Å². The van der Waals surface area contributed by atoms with Crippen LogP contribution in [0.2, 0.25) is 0 Å². The molecule has 0 radical (unpaired) electrons. The Labute approximate surface area is 190 Å². The summed E-state index contributed by atoms with van der Waals surface area (Å²) in [6.45, 7) is 0.520. The van der Waals surface area contributed by atoms with Crippen molar-refractivity contribution in [2.75, 3.05) is 0 Å². The standard InChI is InChI=1S/C25H24N6O2/c32-22-9-4-3-8-21(22)31-25(33)24-23(28-31)19-6-1-2-7-20(19)30(27-24)16-17-10-12-18(13-11-17)29-15-5-14-26-29/h1-2,5-7,10-15,21-22,32H,3-4,8-9,16H2. The molecular weight excluding hydrogens is 416 g/mol. The van der Waals surface area contributed by atoms with E-state index in [4.69, 9.17) is 5.10 Å². The number of benzene rings is 2. The molecule has 6 rings (SSSR count). The molecule has 2 atom stereocenters. The van der Waals surface area contributed by atoms with Crippen molar-refractivity contribution in [3.8, 4) is 17.1 Å². The van der Waals surface area contributed by atoms with E-state index in [9.17, 15) is 9.90 Å². The molecule has 166 valence electrons. The summed E-state index contributed by atoms with van der Waals surface area (Å²) in [5.74, 6) is 0. The molecule has 0 bridgehead atoms. The summed E-state index contributed by atoms with van der Waals surface area (Å²) < 4.78 is 5.15. The first-order valence-corrected chi connectivity index (χ1v) is 11.3. The number of hydrogen-bond acceptors (Lipinski definition) is 5. The Hall–Kier alpha value is -3.78. The van der Waals surface area contributed by atoms with Gasteiger partial charge in [0.15, 0.2) is 5.69 Å². The maximum atomic E-state index is 13.3. The van der Waals surface area contributed by atoms with Gasteiger partial charge in [-0.1, -0.05) is 43.2 Å². The third kappa shape index (κ3) is 3.43. The minimum Gasteiger partial charge on any atom is -0.391 e. The zero-order valence-electron chi connectivity index (χ0n) is 18.1. The maximum absolute atomic E-state index is 13.3. The fourth-order valence-electron chi connectivity index (χ4n) is 4.83. The Balaban J connectivity index is 1.43. The molecule has 8 nitrogen and oxygen atoms in total. The summed E-state index contributed by atoms with van der Waals surface area (Å²) >= 11 is 0.